The average Bonchev–Trinajstić information content (AvgIpc) is 3.06. The van der Waals surface area contributed by atoms with Crippen LogP contribution in [0.5, 0.6) is 0 Å². The van der Waals surface area contributed by atoms with Gasteiger partial charge in [0.05, 0.1) is 0 Å². The van der Waals surface area contributed by atoms with Gasteiger partial charge in [0.2, 0.25) is 0 Å². The predicted molar refractivity (Wildman–Crippen MR) is 110 cm³/mol. The van der Waals surface area contributed by atoms with Crippen molar-refractivity contribution >= 4 is 17.3 Å². The molecular formula is C19H35N5S. The van der Waals surface area contributed by atoms with Crippen LogP contribution in [0.1, 0.15) is 31.6 Å². The average molecular weight is 366 g/mol. The third-order valence-corrected chi connectivity index (χ3v) is 6.10. The molecule has 0 atom stereocenters. The fraction of sp³-hybridized carbons (Fsp3) is 0.737. The number of thiophene rings is 1. The zero-order chi connectivity index (χ0) is 18.1. The lowest BCUT2D eigenvalue weighted by atomic mass is 9.91. The summed E-state index contributed by atoms with van der Waals surface area (Å²) in [6.07, 6.45) is 2.43. The fourth-order valence-electron chi connectivity index (χ4n) is 3.11. The Hall–Kier alpha value is -1.11. The topological polar surface area (TPSA) is 42.9 Å². The fourth-order valence-corrected chi connectivity index (χ4v) is 3.96. The van der Waals surface area contributed by atoms with Gasteiger partial charge in [-0.05, 0) is 51.0 Å². The molecule has 1 aliphatic heterocycles. The monoisotopic (exact) mass is 365 g/mol. The number of guanidine groups is 1. The summed E-state index contributed by atoms with van der Waals surface area (Å²) in [5.74, 6) is 0.903. The van der Waals surface area contributed by atoms with Gasteiger partial charge in [0.25, 0.3) is 0 Å². The number of hydrogen-bond acceptors (Lipinski definition) is 4. The molecule has 1 aromatic heterocycles. The lowest BCUT2D eigenvalue weighted by Crippen LogP contribution is -2.44. The predicted octanol–water partition coefficient (Wildman–Crippen LogP) is 2.22. The maximum absolute atomic E-state index is 4.36. The summed E-state index contributed by atoms with van der Waals surface area (Å²) in [4.78, 5) is 10.8. The van der Waals surface area contributed by atoms with Crippen LogP contribution in [0.15, 0.2) is 22.5 Å². The minimum absolute atomic E-state index is 0.115. The molecule has 0 bridgehead atoms. The van der Waals surface area contributed by atoms with Crippen molar-refractivity contribution in [2.75, 3.05) is 59.9 Å². The molecule has 0 aliphatic carbocycles. The Bertz CT molecular complexity index is 512. The van der Waals surface area contributed by atoms with E-state index in [0.717, 1.165) is 25.5 Å². The van der Waals surface area contributed by atoms with Crippen LogP contribution in [-0.2, 0) is 5.41 Å². The molecule has 0 unspecified atom stereocenters. The molecule has 0 aromatic carbocycles. The van der Waals surface area contributed by atoms with Crippen LogP contribution >= 0.6 is 11.3 Å². The molecule has 1 aliphatic rings. The van der Waals surface area contributed by atoms with Crippen molar-refractivity contribution in [3.8, 4) is 0 Å². The number of likely N-dealkylation sites (N-methyl/N-ethyl adjacent to an activating group) is 1. The molecular weight excluding hydrogens is 330 g/mol. The quantitative estimate of drug-likeness (QED) is 0.442. The highest BCUT2D eigenvalue weighted by Crippen LogP contribution is 2.26. The van der Waals surface area contributed by atoms with Gasteiger partial charge in [-0.2, -0.15) is 0 Å². The molecule has 0 radical (unpaired) electrons. The number of rotatable bonds is 7. The van der Waals surface area contributed by atoms with Gasteiger partial charge >= 0.3 is 0 Å². The summed E-state index contributed by atoms with van der Waals surface area (Å²) in [6.45, 7) is 12.4. The van der Waals surface area contributed by atoms with Crippen molar-refractivity contribution in [3.63, 3.8) is 0 Å². The van der Waals surface area contributed by atoms with Crippen molar-refractivity contribution in [2.24, 2.45) is 4.99 Å². The minimum atomic E-state index is 0.115. The van der Waals surface area contributed by atoms with Crippen LogP contribution in [0.2, 0.25) is 0 Å². The van der Waals surface area contributed by atoms with Gasteiger partial charge in [0.15, 0.2) is 5.96 Å². The van der Waals surface area contributed by atoms with Crippen LogP contribution in [0, 0.1) is 0 Å². The molecule has 0 amide bonds. The van der Waals surface area contributed by atoms with Crippen LogP contribution in [0.3, 0.4) is 0 Å². The number of hydrogen-bond donors (Lipinski definition) is 2. The molecule has 2 rings (SSSR count). The Morgan fingerprint density at radius 3 is 2.80 bits per heavy atom. The third-order valence-electron chi connectivity index (χ3n) is 4.87. The SMILES string of the molecule is CN=C(NCCCN1CCCN(C)CC1)NCC(C)(C)c1cccs1. The Labute approximate surface area is 157 Å². The summed E-state index contributed by atoms with van der Waals surface area (Å²) >= 11 is 1.82. The van der Waals surface area contributed by atoms with Crippen LogP contribution in [0.25, 0.3) is 0 Å². The number of nitrogens with one attached hydrogen (secondary N) is 2. The molecule has 0 spiro atoms. The van der Waals surface area contributed by atoms with E-state index >= 15 is 0 Å². The van der Waals surface area contributed by atoms with E-state index in [1.54, 1.807) is 0 Å². The minimum Gasteiger partial charge on any atom is -0.356 e. The van der Waals surface area contributed by atoms with E-state index in [-0.39, 0.29) is 5.41 Å². The highest BCUT2D eigenvalue weighted by molar-refractivity contribution is 7.10. The highest BCUT2D eigenvalue weighted by Gasteiger charge is 2.21. The van der Waals surface area contributed by atoms with E-state index in [1.807, 2.05) is 18.4 Å². The molecule has 6 heteroatoms. The van der Waals surface area contributed by atoms with Crippen LogP contribution in [0.4, 0.5) is 0 Å². The van der Waals surface area contributed by atoms with Crippen molar-refractivity contribution in [2.45, 2.75) is 32.1 Å². The van der Waals surface area contributed by atoms with E-state index < -0.39 is 0 Å². The maximum Gasteiger partial charge on any atom is 0.191 e. The van der Waals surface area contributed by atoms with Crippen molar-refractivity contribution in [1.29, 1.82) is 0 Å². The molecule has 1 fully saturated rings. The molecule has 5 nitrogen and oxygen atoms in total. The Balaban J connectivity index is 1.65. The lowest BCUT2D eigenvalue weighted by molar-refractivity contribution is 0.274. The number of nitrogens with zero attached hydrogens (tertiary/aromatic N) is 3. The van der Waals surface area contributed by atoms with E-state index in [9.17, 15) is 0 Å². The first-order valence-electron chi connectivity index (χ1n) is 9.41. The van der Waals surface area contributed by atoms with Crippen LogP contribution < -0.4 is 10.6 Å². The summed E-state index contributed by atoms with van der Waals surface area (Å²) < 4.78 is 0. The number of aliphatic imine (C=N–C) groups is 1. The van der Waals surface area contributed by atoms with Crippen molar-refractivity contribution in [3.05, 3.63) is 22.4 Å². The molecule has 25 heavy (non-hydrogen) atoms. The first-order valence-corrected chi connectivity index (χ1v) is 10.3. The molecule has 0 saturated carbocycles. The van der Waals surface area contributed by atoms with Gasteiger partial charge in [-0.3, -0.25) is 4.99 Å². The van der Waals surface area contributed by atoms with Gasteiger partial charge in [0.1, 0.15) is 0 Å². The summed E-state index contributed by atoms with van der Waals surface area (Å²) in [5, 5.41) is 9.08. The smallest absolute Gasteiger partial charge is 0.191 e. The van der Waals surface area contributed by atoms with Gasteiger partial charge in [0, 0.05) is 43.5 Å². The summed E-state index contributed by atoms with van der Waals surface area (Å²) in [6, 6.07) is 4.33. The molecule has 142 valence electrons. The first-order chi connectivity index (χ1) is 12.0. The second-order valence-corrected chi connectivity index (χ2v) is 8.51. The standard InChI is InChI=1S/C19H35N5S/c1-19(2,17-8-5-15-25-17)16-22-18(20-3)21-9-6-11-24-12-7-10-23(4)13-14-24/h5,8,15H,6-7,9-14,16H2,1-4H3,(H2,20,21,22). The molecule has 2 N–H and O–H groups in total. The zero-order valence-electron chi connectivity index (χ0n) is 16.3. The molecule has 1 saturated heterocycles. The summed E-state index contributed by atoms with van der Waals surface area (Å²) in [7, 11) is 4.07. The Morgan fingerprint density at radius 2 is 2.08 bits per heavy atom. The largest absolute Gasteiger partial charge is 0.356 e. The van der Waals surface area contributed by atoms with Gasteiger partial charge < -0.3 is 20.4 Å². The van der Waals surface area contributed by atoms with E-state index in [1.165, 1.54) is 44.0 Å². The van der Waals surface area contributed by atoms with E-state index in [2.05, 4.69) is 63.8 Å². The van der Waals surface area contributed by atoms with Crippen molar-refractivity contribution < 1.29 is 0 Å². The van der Waals surface area contributed by atoms with E-state index in [0.29, 0.717) is 0 Å². The second-order valence-electron chi connectivity index (χ2n) is 7.57. The van der Waals surface area contributed by atoms with Crippen LogP contribution in [-0.4, -0.2) is 75.7 Å². The van der Waals surface area contributed by atoms with Gasteiger partial charge in [-0.1, -0.05) is 19.9 Å². The summed E-state index contributed by atoms with van der Waals surface area (Å²) in [5.41, 5.74) is 0.115. The van der Waals surface area contributed by atoms with Gasteiger partial charge in [-0.25, -0.2) is 0 Å². The molecule has 1 aromatic rings. The van der Waals surface area contributed by atoms with Gasteiger partial charge in [-0.15, -0.1) is 11.3 Å². The van der Waals surface area contributed by atoms with Crippen molar-refractivity contribution in [1.82, 2.24) is 20.4 Å². The third kappa shape index (κ3) is 6.96. The molecule has 2 heterocycles. The Morgan fingerprint density at radius 1 is 1.24 bits per heavy atom. The van der Waals surface area contributed by atoms with E-state index in [4.69, 9.17) is 0 Å². The normalized spacial score (nSPS) is 18.2. The Kier molecular flexibility index (Phi) is 8.19. The maximum atomic E-state index is 4.36. The first kappa shape index (κ1) is 20.2. The lowest BCUT2D eigenvalue weighted by Gasteiger charge is -2.25. The highest BCUT2D eigenvalue weighted by atomic mass is 32.1. The second kappa shape index (κ2) is 10.1. The zero-order valence-corrected chi connectivity index (χ0v) is 17.2.